The van der Waals surface area contributed by atoms with Gasteiger partial charge in [0.25, 0.3) is 0 Å². The van der Waals surface area contributed by atoms with Crippen molar-refractivity contribution < 1.29 is 9.50 Å². The summed E-state index contributed by atoms with van der Waals surface area (Å²) in [4.78, 5) is 2.35. The Balaban J connectivity index is 1.79. The number of halogens is 1. The Labute approximate surface area is 131 Å². The van der Waals surface area contributed by atoms with E-state index in [1.165, 1.54) is 25.3 Å². The van der Waals surface area contributed by atoms with Crippen LogP contribution in [0.4, 0.5) is 4.39 Å². The smallest absolute Gasteiger partial charge is 0.123 e. The van der Waals surface area contributed by atoms with Gasteiger partial charge in [-0.05, 0) is 63.5 Å². The molecule has 0 unspecified atom stereocenters. The first-order valence-corrected chi connectivity index (χ1v) is 8.21. The minimum Gasteiger partial charge on any atom is -0.390 e. The molecule has 0 aliphatic carbocycles. The predicted molar refractivity (Wildman–Crippen MR) is 87.7 cm³/mol. The van der Waals surface area contributed by atoms with Gasteiger partial charge in [-0.2, -0.15) is 0 Å². The van der Waals surface area contributed by atoms with Crippen molar-refractivity contribution in [2.75, 3.05) is 19.6 Å². The Kier molecular flexibility index (Phi) is 4.50. The lowest BCUT2D eigenvalue weighted by molar-refractivity contribution is 0.0888. The molecule has 0 amide bonds. The number of aliphatic hydroxyl groups is 1. The molecule has 1 N–H and O–H groups in total. The van der Waals surface area contributed by atoms with E-state index in [1.54, 1.807) is 6.07 Å². The van der Waals surface area contributed by atoms with Crippen LogP contribution in [0.1, 0.15) is 30.5 Å². The molecular weight excluding hydrogens is 279 g/mol. The molecule has 0 bridgehead atoms. The van der Waals surface area contributed by atoms with Crippen LogP contribution in [0.5, 0.6) is 0 Å². The minimum absolute atomic E-state index is 0.207. The Morgan fingerprint density at radius 3 is 2.59 bits per heavy atom. The highest BCUT2D eigenvalue weighted by Gasteiger charge is 2.18. The van der Waals surface area contributed by atoms with Gasteiger partial charge in [-0.25, -0.2) is 4.39 Å². The number of β-amino-alcohol motifs (C(OH)–C–C–N with tert-alkyl or cyclic N) is 1. The molecule has 4 heteroatoms. The largest absolute Gasteiger partial charge is 0.390 e. The van der Waals surface area contributed by atoms with E-state index in [0.717, 1.165) is 41.8 Å². The first-order valence-electron chi connectivity index (χ1n) is 8.21. The molecule has 120 valence electrons. The molecule has 1 aliphatic heterocycles. The molecular formula is C18H25FN2O. The number of piperidine rings is 1. The lowest BCUT2D eigenvalue weighted by Crippen LogP contribution is -2.38. The monoisotopic (exact) mass is 304 g/mol. The fourth-order valence-corrected chi connectivity index (χ4v) is 3.57. The molecule has 1 aromatic heterocycles. The van der Waals surface area contributed by atoms with Gasteiger partial charge >= 0.3 is 0 Å². The molecule has 1 aromatic carbocycles. The van der Waals surface area contributed by atoms with E-state index in [4.69, 9.17) is 0 Å². The average molecular weight is 304 g/mol. The zero-order valence-electron chi connectivity index (χ0n) is 13.5. The number of fused-ring (bicyclic) bond motifs is 1. The van der Waals surface area contributed by atoms with Gasteiger partial charge in [-0.3, -0.25) is 0 Å². The maximum Gasteiger partial charge on any atom is 0.123 e. The fraction of sp³-hybridized carbons (Fsp3) is 0.556. The van der Waals surface area contributed by atoms with Gasteiger partial charge in [0.15, 0.2) is 0 Å². The molecule has 2 aromatic rings. The maximum atomic E-state index is 13.5. The van der Waals surface area contributed by atoms with E-state index in [2.05, 4.69) is 9.47 Å². The van der Waals surface area contributed by atoms with E-state index in [9.17, 15) is 9.50 Å². The van der Waals surface area contributed by atoms with Crippen molar-refractivity contribution in [3.8, 4) is 0 Å². The predicted octanol–water partition coefficient (Wildman–Crippen LogP) is 3.24. The molecule has 1 saturated heterocycles. The van der Waals surface area contributed by atoms with Crippen LogP contribution in [0, 0.1) is 19.7 Å². The van der Waals surface area contributed by atoms with Crippen molar-refractivity contribution in [1.29, 1.82) is 0 Å². The zero-order valence-corrected chi connectivity index (χ0v) is 13.5. The summed E-state index contributed by atoms with van der Waals surface area (Å²) in [5, 5.41) is 11.4. The highest BCUT2D eigenvalue weighted by molar-refractivity contribution is 5.85. The standard InChI is InChI=1S/C18H25FN2O/c1-13-14(2)21(18-7-6-15(19)10-17(13)18)12-16(22)11-20-8-4-3-5-9-20/h6-7,10,16,22H,3-5,8-9,11-12H2,1-2H3/t16-/m0/s1. The highest BCUT2D eigenvalue weighted by Crippen LogP contribution is 2.26. The lowest BCUT2D eigenvalue weighted by atomic mass is 10.1. The second kappa shape index (κ2) is 6.39. The van der Waals surface area contributed by atoms with Crippen LogP contribution in [0.15, 0.2) is 18.2 Å². The Hall–Kier alpha value is -1.39. The number of benzene rings is 1. The lowest BCUT2D eigenvalue weighted by Gasteiger charge is -2.28. The van der Waals surface area contributed by atoms with Crippen molar-refractivity contribution in [1.82, 2.24) is 9.47 Å². The van der Waals surface area contributed by atoms with Crippen LogP contribution in [-0.2, 0) is 6.54 Å². The summed E-state index contributed by atoms with van der Waals surface area (Å²) in [5.41, 5.74) is 3.21. The number of hydrogen-bond acceptors (Lipinski definition) is 2. The zero-order chi connectivity index (χ0) is 15.7. The summed E-state index contributed by atoms with van der Waals surface area (Å²) in [6.07, 6.45) is 3.38. The Morgan fingerprint density at radius 2 is 1.86 bits per heavy atom. The van der Waals surface area contributed by atoms with Crippen LogP contribution in [0.2, 0.25) is 0 Å². The molecule has 2 heterocycles. The van der Waals surface area contributed by atoms with Gasteiger partial charge in [0.05, 0.1) is 12.6 Å². The third-order valence-corrected chi connectivity index (χ3v) is 4.91. The Bertz CT molecular complexity index is 659. The molecule has 1 aliphatic rings. The van der Waals surface area contributed by atoms with Gasteiger partial charge < -0.3 is 14.6 Å². The van der Waals surface area contributed by atoms with Gasteiger partial charge in [-0.15, -0.1) is 0 Å². The summed E-state index contributed by atoms with van der Waals surface area (Å²) in [5.74, 6) is -0.207. The number of nitrogens with zero attached hydrogens (tertiary/aromatic N) is 2. The quantitative estimate of drug-likeness (QED) is 0.939. The van der Waals surface area contributed by atoms with Gasteiger partial charge in [-0.1, -0.05) is 6.42 Å². The number of hydrogen-bond donors (Lipinski definition) is 1. The number of likely N-dealkylation sites (tertiary alicyclic amines) is 1. The van der Waals surface area contributed by atoms with E-state index >= 15 is 0 Å². The third kappa shape index (κ3) is 3.03. The Morgan fingerprint density at radius 1 is 1.14 bits per heavy atom. The van der Waals surface area contributed by atoms with E-state index < -0.39 is 6.10 Å². The number of aliphatic hydroxyl groups excluding tert-OH is 1. The van der Waals surface area contributed by atoms with Crippen molar-refractivity contribution >= 4 is 10.9 Å². The highest BCUT2D eigenvalue weighted by atomic mass is 19.1. The summed E-state index contributed by atoms with van der Waals surface area (Å²) >= 11 is 0. The normalized spacial score (nSPS) is 18.0. The SMILES string of the molecule is Cc1c(C)n(C[C@@H](O)CN2CCCCC2)c2ccc(F)cc12. The topological polar surface area (TPSA) is 28.4 Å². The second-order valence-electron chi connectivity index (χ2n) is 6.50. The van der Waals surface area contributed by atoms with Gasteiger partial charge in [0.1, 0.15) is 5.82 Å². The molecule has 0 radical (unpaired) electrons. The number of aromatic nitrogens is 1. The van der Waals surface area contributed by atoms with Crippen LogP contribution in [-0.4, -0.2) is 40.3 Å². The van der Waals surface area contributed by atoms with Crippen molar-refractivity contribution in [3.05, 3.63) is 35.3 Å². The van der Waals surface area contributed by atoms with Crippen LogP contribution in [0.25, 0.3) is 10.9 Å². The van der Waals surface area contributed by atoms with Crippen molar-refractivity contribution in [2.24, 2.45) is 0 Å². The molecule has 0 saturated carbocycles. The third-order valence-electron chi connectivity index (χ3n) is 4.91. The molecule has 3 rings (SSSR count). The van der Waals surface area contributed by atoms with Crippen LogP contribution < -0.4 is 0 Å². The van der Waals surface area contributed by atoms with E-state index in [-0.39, 0.29) is 5.82 Å². The minimum atomic E-state index is -0.392. The molecule has 0 spiro atoms. The summed E-state index contributed by atoms with van der Waals surface area (Å²) in [7, 11) is 0. The molecule has 3 nitrogen and oxygen atoms in total. The first-order chi connectivity index (χ1) is 10.6. The van der Waals surface area contributed by atoms with Gasteiger partial charge in [0, 0.05) is 23.1 Å². The van der Waals surface area contributed by atoms with E-state index in [1.807, 2.05) is 19.9 Å². The molecule has 1 fully saturated rings. The molecule has 1 atom stereocenters. The second-order valence-corrected chi connectivity index (χ2v) is 6.50. The maximum absolute atomic E-state index is 13.5. The van der Waals surface area contributed by atoms with Crippen molar-refractivity contribution in [3.63, 3.8) is 0 Å². The fourth-order valence-electron chi connectivity index (χ4n) is 3.57. The summed E-state index contributed by atoms with van der Waals surface area (Å²) in [6, 6.07) is 4.90. The first kappa shape index (κ1) is 15.5. The van der Waals surface area contributed by atoms with Crippen LogP contribution >= 0.6 is 0 Å². The number of aryl methyl sites for hydroxylation is 1. The molecule has 22 heavy (non-hydrogen) atoms. The van der Waals surface area contributed by atoms with Gasteiger partial charge in [0.2, 0.25) is 0 Å². The summed E-state index contributed by atoms with van der Waals surface area (Å²) in [6.45, 7) is 7.53. The average Bonchev–Trinajstić information content (AvgIpc) is 2.73. The van der Waals surface area contributed by atoms with E-state index in [0.29, 0.717) is 6.54 Å². The number of rotatable bonds is 4. The van der Waals surface area contributed by atoms with Crippen molar-refractivity contribution in [2.45, 2.75) is 45.8 Å². The summed E-state index contributed by atoms with van der Waals surface area (Å²) < 4.78 is 15.6. The van der Waals surface area contributed by atoms with Crippen LogP contribution in [0.3, 0.4) is 0 Å².